The molecule has 0 spiro atoms. The Labute approximate surface area is 271 Å². The van der Waals surface area contributed by atoms with Gasteiger partial charge < -0.3 is 4.90 Å². The number of hydrogen-bond donors (Lipinski definition) is 0. The number of hydrogen-bond acceptors (Lipinski definition) is 8. The third-order valence-corrected chi connectivity index (χ3v) is 9.24. The molecule has 0 saturated carbocycles. The topological polar surface area (TPSA) is 101 Å². The molecule has 5 aromatic rings. The molecule has 2 amide bonds. The van der Waals surface area contributed by atoms with Gasteiger partial charge in [0.2, 0.25) is 0 Å². The molecule has 3 aliphatic rings. The van der Waals surface area contributed by atoms with E-state index < -0.39 is 11.8 Å². The Morgan fingerprint density at radius 3 is 2.11 bits per heavy atom. The molecule has 0 N–H and O–H groups in total. The van der Waals surface area contributed by atoms with Crippen molar-refractivity contribution in [1.82, 2.24) is 24.7 Å². The zero-order valence-corrected chi connectivity index (χ0v) is 25.7. The van der Waals surface area contributed by atoms with Crippen molar-refractivity contribution in [2.24, 2.45) is 0 Å². The number of anilines is 1. The minimum atomic E-state index is -0.403. The predicted octanol–water partition coefficient (Wildman–Crippen LogP) is 5.08. The number of ketones is 1. The third kappa shape index (κ3) is 5.41. The van der Waals surface area contributed by atoms with E-state index in [0.29, 0.717) is 24.1 Å². The number of fused-ring (bicyclic) bond motifs is 2. The summed E-state index contributed by atoms with van der Waals surface area (Å²) in [6.45, 7) is 4.28. The molecule has 0 atom stereocenters. The lowest BCUT2D eigenvalue weighted by atomic mass is 9.98. The average molecular weight is 625 g/mol. The number of Topliss-reactive ketones (excluding diaryl/α,β-unsaturated/α-hetero) is 1. The molecule has 47 heavy (non-hydrogen) atoms. The Bertz CT molecular complexity index is 1960. The molecule has 4 heterocycles. The molecule has 2 aromatic heterocycles. The van der Waals surface area contributed by atoms with Gasteiger partial charge in [0.25, 0.3) is 11.8 Å². The molecule has 10 nitrogen and oxygen atoms in total. The Morgan fingerprint density at radius 2 is 1.38 bits per heavy atom. The number of aromatic nitrogens is 3. The predicted molar refractivity (Wildman–Crippen MR) is 176 cm³/mol. The van der Waals surface area contributed by atoms with Crippen LogP contribution in [0.2, 0.25) is 0 Å². The smallest absolute Gasteiger partial charge is 0.285 e. The minimum Gasteiger partial charge on any atom is -0.369 e. The normalized spacial score (nSPS) is 16.2. The molecule has 0 unspecified atom stereocenters. The van der Waals surface area contributed by atoms with Crippen LogP contribution in [-0.4, -0.2) is 81.7 Å². The second kappa shape index (κ2) is 12.1. The van der Waals surface area contributed by atoms with E-state index in [1.165, 1.54) is 0 Å². The lowest BCUT2D eigenvalue weighted by molar-refractivity contribution is -0.0957. The molecular formula is C37H32N6O4. The number of piperazine rings is 1. The average Bonchev–Trinajstić information content (AvgIpc) is 3.80. The summed E-state index contributed by atoms with van der Waals surface area (Å²) in [6, 6.07) is 25.3. The zero-order chi connectivity index (χ0) is 31.9. The van der Waals surface area contributed by atoms with Crippen LogP contribution < -0.4 is 4.90 Å². The van der Waals surface area contributed by atoms with Gasteiger partial charge in [-0.05, 0) is 66.1 Å². The molecule has 2 aliphatic heterocycles. The fourth-order valence-electron chi connectivity index (χ4n) is 6.65. The van der Waals surface area contributed by atoms with Crippen LogP contribution in [0.25, 0.3) is 28.1 Å². The molecular weight excluding hydrogens is 592 g/mol. The number of imide groups is 1. The van der Waals surface area contributed by atoms with Crippen molar-refractivity contribution in [3.63, 3.8) is 0 Å². The van der Waals surface area contributed by atoms with Crippen molar-refractivity contribution >= 4 is 23.3 Å². The highest BCUT2D eigenvalue weighted by atomic mass is 16.7. The lowest BCUT2D eigenvalue weighted by Gasteiger charge is -2.36. The molecule has 1 fully saturated rings. The minimum absolute atomic E-state index is 0.215. The van der Waals surface area contributed by atoms with Gasteiger partial charge in [0.1, 0.15) is 5.69 Å². The summed E-state index contributed by atoms with van der Waals surface area (Å²) in [5, 5.41) is 5.90. The second-order valence-electron chi connectivity index (χ2n) is 12.0. The van der Waals surface area contributed by atoms with Gasteiger partial charge in [-0.2, -0.15) is 5.10 Å². The summed E-state index contributed by atoms with van der Waals surface area (Å²) in [4.78, 5) is 51.8. The quantitative estimate of drug-likeness (QED) is 0.221. The first-order chi connectivity index (χ1) is 23.0. The Morgan fingerprint density at radius 1 is 0.681 bits per heavy atom. The maximum atomic E-state index is 12.5. The van der Waals surface area contributed by atoms with Crippen LogP contribution in [-0.2, 0) is 11.3 Å². The highest BCUT2D eigenvalue weighted by Crippen LogP contribution is 2.35. The molecule has 10 heteroatoms. The molecule has 1 aliphatic carbocycles. The standard InChI is InChI=1S/C37H32N6O4/c44-34-12-6-26-23-27(5-11-30(26)34)33-24-42(39-35(33)25-13-15-38-16-14-25)29-9-7-28(8-10-29)41-19-17-40(18-20-41)21-22-47-43-36(45)31-3-1-2-4-32(31)37(43)46/h1-5,7-11,13-16,23-24H,6,12,17-22H2. The van der Waals surface area contributed by atoms with Gasteiger partial charge in [-0.15, -0.1) is 5.06 Å². The van der Waals surface area contributed by atoms with Crippen LogP contribution in [0.5, 0.6) is 0 Å². The van der Waals surface area contributed by atoms with E-state index in [1.54, 1.807) is 36.7 Å². The van der Waals surface area contributed by atoms with Gasteiger partial charge in [-0.3, -0.25) is 29.1 Å². The first-order valence-electron chi connectivity index (χ1n) is 15.9. The SMILES string of the molecule is O=C1CCc2cc(-c3cn(-c4ccc(N5CCN(CCON6C(=O)c7ccccc7C6=O)CC5)cc4)nc3-c3ccncc3)ccc21. The van der Waals surface area contributed by atoms with E-state index in [-0.39, 0.29) is 12.4 Å². The first-order valence-corrected chi connectivity index (χ1v) is 15.9. The van der Waals surface area contributed by atoms with Crippen molar-refractivity contribution < 1.29 is 19.2 Å². The summed E-state index contributed by atoms with van der Waals surface area (Å²) in [6.07, 6.45) is 6.96. The van der Waals surface area contributed by atoms with E-state index >= 15 is 0 Å². The Kier molecular flexibility index (Phi) is 7.43. The van der Waals surface area contributed by atoms with E-state index in [4.69, 9.17) is 9.94 Å². The highest BCUT2D eigenvalue weighted by Gasteiger charge is 2.36. The van der Waals surface area contributed by atoms with Gasteiger partial charge in [-0.25, -0.2) is 4.68 Å². The van der Waals surface area contributed by atoms with Crippen molar-refractivity contribution in [2.45, 2.75) is 12.8 Å². The fourth-order valence-corrected chi connectivity index (χ4v) is 6.65. The van der Waals surface area contributed by atoms with E-state index in [0.717, 1.165) is 82.5 Å². The van der Waals surface area contributed by atoms with Gasteiger partial charge >= 0.3 is 0 Å². The van der Waals surface area contributed by atoms with E-state index in [1.807, 2.05) is 28.9 Å². The van der Waals surface area contributed by atoms with Crippen LogP contribution in [0.3, 0.4) is 0 Å². The van der Waals surface area contributed by atoms with Crippen molar-refractivity contribution in [2.75, 3.05) is 44.2 Å². The Balaban J connectivity index is 0.921. The number of carbonyl (C=O) groups excluding carboxylic acids is 3. The number of amides is 2. The molecule has 0 bridgehead atoms. The number of benzene rings is 3. The zero-order valence-electron chi connectivity index (χ0n) is 25.7. The summed E-state index contributed by atoms with van der Waals surface area (Å²) < 4.78 is 1.92. The Hall–Kier alpha value is -5.45. The summed E-state index contributed by atoms with van der Waals surface area (Å²) >= 11 is 0. The lowest BCUT2D eigenvalue weighted by Crippen LogP contribution is -2.47. The highest BCUT2D eigenvalue weighted by molar-refractivity contribution is 6.20. The van der Waals surface area contributed by atoms with Crippen molar-refractivity contribution in [3.05, 3.63) is 120 Å². The first kappa shape index (κ1) is 29.0. The van der Waals surface area contributed by atoms with Crippen LogP contribution >= 0.6 is 0 Å². The number of nitrogens with zero attached hydrogens (tertiary/aromatic N) is 6. The number of pyridine rings is 1. The van der Waals surface area contributed by atoms with Gasteiger partial charge in [0, 0.05) is 80.1 Å². The number of aryl methyl sites for hydroxylation is 1. The van der Waals surface area contributed by atoms with Crippen molar-refractivity contribution in [1.29, 1.82) is 0 Å². The second-order valence-corrected chi connectivity index (χ2v) is 12.0. The molecule has 3 aromatic carbocycles. The van der Waals surface area contributed by atoms with Gasteiger partial charge in [0.15, 0.2) is 5.78 Å². The molecule has 1 saturated heterocycles. The van der Waals surface area contributed by atoms with Crippen LogP contribution in [0.4, 0.5) is 5.69 Å². The van der Waals surface area contributed by atoms with E-state index in [9.17, 15) is 14.4 Å². The van der Waals surface area contributed by atoms with E-state index in [2.05, 4.69) is 51.3 Å². The van der Waals surface area contributed by atoms with Crippen LogP contribution in [0, 0.1) is 0 Å². The fraction of sp³-hybridized carbons (Fsp3) is 0.216. The maximum absolute atomic E-state index is 12.5. The number of hydroxylamine groups is 2. The number of carbonyl (C=O) groups is 3. The summed E-state index contributed by atoms with van der Waals surface area (Å²) in [7, 11) is 0. The summed E-state index contributed by atoms with van der Waals surface area (Å²) in [5.74, 6) is -0.592. The van der Waals surface area contributed by atoms with Crippen LogP contribution in [0.15, 0.2) is 97.5 Å². The van der Waals surface area contributed by atoms with Crippen molar-refractivity contribution in [3.8, 4) is 28.1 Å². The molecule has 0 radical (unpaired) electrons. The van der Waals surface area contributed by atoms with Crippen LogP contribution in [0.1, 0.15) is 43.1 Å². The maximum Gasteiger partial charge on any atom is 0.285 e. The third-order valence-electron chi connectivity index (χ3n) is 9.24. The monoisotopic (exact) mass is 624 g/mol. The largest absolute Gasteiger partial charge is 0.369 e. The number of rotatable bonds is 8. The van der Waals surface area contributed by atoms with Gasteiger partial charge in [-0.1, -0.05) is 30.3 Å². The molecule has 8 rings (SSSR count). The van der Waals surface area contributed by atoms with Gasteiger partial charge in [0.05, 0.1) is 23.4 Å². The summed E-state index contributed by atoms with van der Waals surface area (Å²) in [5.41, 5.74) is 8.69. The molecule has 234 valence electrons.